The van der Waals surface area contributed by atoms with Crippen LogP contribution in [0, 0.1) is 11.6 Å². The third-order valence-corrected chi connectivity index (χ3v) is 8.67. The number of hydrogen-bond donors (Lipinski definition) is 0. The highest BCUT2D eigenvalue weighted by atomic mass is 19.1. The average molecular weight is 592 g/mol. The van der Waals surface area contributed by atoms with Crippen molar-refractivity contribution in [1.82, 2.24) is 14.5 Å². The van der Waals surface area contributed by atoms with Crippen molar-refractivity contribution < 1.29 is 13.2 Å². The first kappa shape index (κ1) is 27.0. The molecule has 3 aromatic heterocycles. The summed E-state index contributed by atoms with van der Waals surface area (Å²) >= 11 is 0. The highest BCUT2D eigenvalue weighted by molar-refractivity contribution is 6.09. The minimum absolute atomic E-state index is 0.322. The summed E-state index contributed by atoms with van der Waals surface area (Å²) in [5, 5.41) is 0.939. The van der Waals surface area contributed by atoms with Crippen molar-refractivity contribution in [3.63, 3.8) is 0 Å². The van der Waals surface area contributed by atoms with Gasteiger partial charge in [-0.25, -0.2) is 18.7 Å². The second-order valence-corrected chi connectivity index (χ2v) is 11.7. The van der Waals surface area contributed by atoms with Gasteiger partial charge < -0.3 is 4.42 Å². The van der Waals surface area contributed by atoms with Gasteiger partial charge in [0.15, 0.2) is 5.58 Å². The van der Waals surface area contributed by atoms with Crippen LogP contribution in [0.2, 0.25) is 0 Å². The van der Waals surface area contributed by atoms with E-state index < -0.39 is 11.2 Å². The Balaban J connectivity index is 1.36. The first-order valence-electron chi connectivity index (χ1n) is 14.8. The maximum atomic E-state index is 15.6. The van der Waals surface area contributed by atoms with E-state index in [2.05, 4.69) is 26.0 Å². The molecule has 0 bridgehead atoms. The fraction of sp³-hybridized carbons (Fsp3) is 0.0769. The van der Waals surface area contributed by atoms with Crippen LogP contribution in [0.25, 0.3) is 61.3 Å². The van der Waals surface area contributed by atoms with Gasteiger partial charge in [-0.2, -0.15) is 0 Å². The Morgan fingerprint density at radius 1 is 0.667 bits per heavy atom. The van der Waals surface area contributed by atoms with Gasteiger partial charge >= 0.3 is 0 Å². The second kappa shape index (κ2) is 10.2. The summed E-state index contributed by atoms with van der Waals surface area (Å²) in [5.41, 5.74) is 6.39. The van der Waals surface area contributed by atoms with Crippen molar-refractivity contribution in [3.05, 3.63) is 150 Å². The average Bonchev–Trinajstić information content (AvgIpc) is 3.65. The number of halogens is 2. The number of para-hydroxylation sites is 2. The molecule has 3 heterocycles. The molecule has 4 nitrogen and oxygen atoms in total. The molecule has 0 atom stereocenters. The topological polar surface area (TPSA) is 43.9 Å². The van der Waals surface area contributed by atoms with Crippen LogP contribution in [0.5, 0.6) is 0 Å². The predicted octanol–water partition coefficient (Wildman–Crippen LogP) is 10.3. The third-order valence-electron chi connectivity index (χ3n) is 8.67. The maximum absolute atomic E-state index is 15.6. The van der Waals surface area contributed by atoms with Gasteiger partial charge in [0.1, 0.15) is 17.5 Å². The summed E-state index contributed by atoms with van der Waals surface area (Å²) in [4.78, 5) is 9.91. The zero-order valence-electron chi connectivity index (χ0n) is 24.6. The molecule has 0 spiro atoms. The van der Waals surface area contributed by atoms with Gasteiger partial charge in [-0.3, -0.25) is 4.57 Å². The van der Waals surface area contributed by atoms with Crippen LogP contribution in [0.4, 0.5) is 8.78 Å². The molecule has 0 aliphatic carbocycles. The van der Waals surface area contributed by atoms with Crippen molar-refractivity contribution in [2.75, 3.05) is 0 Å². The molecule has 0 aliphatic heterocycles. The zero-order chi connectivity index (χ0) is 30.7. The Kier molecular flexibility index (Phi) is 6.13. The van der Waals surface area contributed by atoms with Crippen molar-refractivity contribution in [3.8, 4) is 28.2 Å². The molecule has 0 radical (unpaired) electrons. The van der Waals surface area contributed by atoms with Crippen LogP contribution in [0.15, 0.2) is 132 Å². The van der Waals surface area contributed by atoms with Gasteiger partial charge in [0, 0.05) is 16.7 Å². The van der Waals surface area contributed by atoms with E-state index in [1.54, 1.807) is 12.1 Å². The van der Waals surface area contributed by atoms with E-state index in [1.807, 2.05) is 95.6 Å². The lowest BCUT2D eigenvalue weighted by Crippen LogP contribution is -2.20. The van der Waals surface area contributed by atoms with Crippen LogP contribution in [0.3, 0.4) is 0 Å². The molecule has 8 rings (SSSR count). The first-order chi connectivity index (χ1) is 21.9. The Morgan fingerprint density at radius 2 is 1.38 bits per heavy atom. The summed E-state index contributed by atoms with van der Waals surface area (Å²) in [7, 11) is 0. The van der Waals surface area contributed by atoms with Gasteiger partial charge in [0.05, 0.1) is 33.1 Å². The lowest BCUT2D eigenvalue weighted by molar-refractivity contribution is 0.600. The summed E-state index contributed by atoms with van der Waals surface area (Å²) in [5.74, 6) is -0.173. The van der Waals surface area contributed by atoms with E-state index in [0.717, 1.165) is 33.5 Å². The summed E-state index contributed by atoms with van der Waals surface area (Å²) in [6.45, 7) is 4.22. The number of benzene rings is 5. The Hall–Kier alpha value is -5.62. The van der Waals surface area contributed by atoms with Gasteiger partial charge in [-0.15, -0.1) is 0 Å². The van der Waals surface area contributed by atoms with Crippen LogP contribution in [0.1, 0.15) is 25.1 Å². The molecule has 0 saturated heterocycles. The predicted molar refractivity (Wildman–Crippen MR) is 176 cm³/mol. The van der Waals surface area contributed by atoms with Crippen LogP contribution in [-0.4, -0.2) is 14.5 Å². The van der Waals surface area contributed by atoms with Gasteiger partial charge in [0.2, 0.25) is 5.71 Å². The minimum atomic E-state index is -0.403. The Morgan fingerprint density at radius 3 is 2.18 bits per heavy atom. The zero-order valence-corrected chi connectivity index (χ0v) is 24.6. The van der Waals surface area contributed by atoms with E-state index in [-0.39, 0.29) is 5.82 Å². The molecule has 6 heteroatoms. The van der Waals surface area contributed by atoms with Crippen LogP contribution in [-0.2, 0) is 5.41 Å². The maximum Gasteiger partial charge on any atom is 0.227 e. The third kappa shape index (κ3) is 4.32. The molecule has 0 unspecified atom stereocenters. The minimum Gasteiger partial charge on any atom is -0.437 e. The molecule has 5 aromatic carbocycles. The summed E-state index contributed by atoms with van der Waals surface area (Å²) < 4.78 is 39.1. The van der Waals surface area contributed by atoms with Gasteiger partial charge in [-0.1, -0.05) is 86.6 Å². The lowest BCUT2D eigenvalue weighted by atomic mass is 9.81. The fourth-order valence-corrected chi connectivity index (χ4v) is 6.21. The molecule has 8 aromatic rings. The molecule has 0 N–H and O–H groups in total. The first-order valence-corrected chi connectivity index (χ1v) is 14.8. The van der Waals surface area contributed by atoms with Crippen molar-refractivity contribution in [1.29, 1.82) is 0 Å². The van der Waals surface area contributed by atoms with E-state index in [9.17, 15) is 0 Å². The lowest BCUT2D eigenvalue weighted by Gasteiger charge is -2.24. The molecule has 0 aliphatic rings. The quantitative estimate of drug-likeness (QED) is 0.200. The SMILES string of the molecule is CC(C)(c1ccccc1)c1ccc2c(n1)oc1c(-c3nc4ccccc4n3-c3ccc(F)c(-c4ccccc4)c3)ccc(F)c12. The number of nitrogens with zero attached hydrogens (tertiary/aromatic N) is 3. The second-order valence-electron chi connectivity index (χ2n) is 11.7. The van der Waals surface area contributed by atoms with Crippen molar-refractivity contribution >= 4 is 33.1 Å². The van der Waals surface area contributed by atoms with E-state index in [4.69, 9.17) is 14.4 Å². The van der Waals surface area contributed by atoms with Crippen molar-refractivity contribution in [2.24, 2.45) is 0 Å². The van der Waals surface area contributed by atoms with Crippen molar-refractivity contribution in [2.45, 2.75) is 19.3 Å². The normalized spacial score (nSPS) is 12.0. The molecular formula is C39H27F2N3O. The summed E-state index contributed by atoms with van der Waals surface area (Å²) in [6.07, 6.45) is 0. The van der Waals surface area contributed by atoms with E-state index in [0.29, 0.717) is 39.0 Å². The fourth-order valence-electron chi connectivity index (χ4n) is 6.21. The number of imidazole rings is 1. The molecule has 0 saturated carbocycles. The molecule has 45 heavy (non-hydrogen) atoms. The number of pyridine rings is 1. The molecule has 0 fully saturated rings. The Labute approximate surface area is 258 Å². The van der Waals surface area contributed by atoms with Crippen LogP contribution >= 0.6 is 0 Å². The molecular weight excluding hydrogens is 564 g/mol. The smallest absolute Gasteiger partial charge is 0.227 e. The van der Waals surface area contributed by atoms with Gasteiger partial charge in [-0.05, 0) is 65.7 Å². The number of fused-ring (bicyclic) bond motifs is 4. The monoisotopic (exact) mass is 591 g/mol. The Bertz CT molecular complexity index is 2370. The standard InChI is InChI=1S/C39H27F2N3O/c1-39(2,25-13-7-4-8-14-25)34-22-19-27-35-31(41)21-18-28(36(35)45-38(27)43-34)37-42-32-15-9-10-16-33(32)44(37)26-17-20-30(40)29(23-26)24-11-5-3-6-12-24/h3-23H,1-2H3. The van der Waals surface area contributed by atoms with Crippen LogP contribution < -0.4 is 0 Å². The summed E-state index contributed by atoms with van der Waals surface area (Å²) in [6, 6.07) is 39.3. The van der Waals surface area contributed by atoms with E-state index >= 15 is 8.78 Å². The number of furan rings is 1. The highest BCUT2D eigenvalue weighted by Crippen LogP contribution is 2.40. The molecule has 0 amide bonds. The highest BCUT2D eigenvalue weighted by Gasteiger charge is 2.27. The van der Waals surface area contributed by atoms with Gasteiger partial charge in [0.25, 0.3) is 0 Å². The number of rotatable bonds is 5. The number of hydrogen-bond acceptors (Lipinski definition) is 3. The molecule has 218 valence electrons. The largest absolute Gasteiger partial charge is 0.437 e. The van der Waals surface area contributed by atoms with E-state index in [1.165, 1.54) is 12.1 Å². The number of aromatic nitrogens is 3.